The molecule has 2 heterocycles. The number of nitrogens with zero attached hydrogens (tertiary/aromatic N) is 4. The Kier molecular flexibility index (Phi) is 9.25. The molecule has 2 fully saturated rings. The van der Waals surface area contributed by atoms with Crippen LogP contribution in [0.1, 0.15) is 56.8 Å². The molecule has 9 nitrogen and oxygen atoms in total. The number of anilines is 1. The molecule has 0 aromatic heterocycles. The van der Waals surface area contributed by atoms with Gasteiger partial charge in [-0.1, -0.05) is 5.16 Å². The van der Waals surface area contributed by atoms with Crippen LogP contribution >= 0.6 is 0 Å². The van der Waals surface area contributed by atoms with Gasteiger partial charge in [0.25, 0.3) is 5.91 Å². The predicted molar refractivity (Wildman–Crippen MR) is 128 cm³/mol. The number of rotatable bonds is 7. The maximum atomic E-state index is 14.8. The van der Waals surface area contributed by atoms with Gasteiger partial charge in [-0.15, -0.1) is 0 Å². The fraction of sp³-hybridized carbons (Fsp3) is 0.625. The highest BCUT2D eigenvalue weighted by atomic mass is 19.1. The number of likely N-dealkylation sites (tertiary alicyclic amines) is 1. The minimum absolute atomic E-state index is 0.0689. The van der Waals surface area contributed by atoms with Crippen LogP contribution in [0.25, 0.3) is 0 Å². The average molecular weight is 496 g/mol. The van der Waals surface area contributed by atoms with Crippen LogP contribution in [-0.4, -0.2) is 79.6 Å². The fourth-order valence-electron chi connectivity index (χ4n) is 4.16. The normalized spacial score (nSPS) is 16.9. The van der Waals surface area contributed by atoms with Crippen LogP contribution in [0.15, 0.2) is 17.3 Å². The molecule has 1 aromatic rings. The molecule has 0 atom stereocenters. The SMILES string of the molecule is CCN(NC)C(=O)c1cc(F)c(N2CCC(=NOC3CCN(C(=O)OC(C)C)CC3)CC2)cc1F. The lowest BCUT2D eigenvalue weighted by molar-refractivity contribution is 0.00415. The third-order valence-electron chi connectivity index (χ3n) is 6.15. The van der Waals surface area contributed by atoms with E-state index >= 15 is 0 Å². The van der Waals surface area contributed by atoms with Gasteiger partial charge in [0.2, 0.25) is 0 Å². The van der Waals surface area contributed by atoms with Crippen molar-refractivity contribution in [1.29, 1.82) is 0 Å². The van der Waals surface area contributed by atoms with Crippen LogP contribution in [-0.2, 0) is 9.57 Å². The van der Waals surface area contributed by atoms with Crippen molar-refractivity contribution in [2.75, 3.05) is 44.7 Å². The minimum Gasteiger partial charge on any atom is -0.447 e. The lowest BCUT2D eigenvalue weighted by Crippen LogP contribution is -2.41. The molecular formula is C24H35F2N5O4. The number of hydrogen-bond donors (Lipinski definition) is 1. The van der Waals surface area contributed by atoms with Gasteiger partial charge in [-0.3, -0.25) is 9.80 Å². The molecule has 2 amide bonds. The van der Waals surface area contributed by atoms with Gasteiger partial charge < -0.3 is 19.4 Å². The monoisotopic (exact) mass is 495 g/mol. The van der Waals surface area contributed by atoms with Crippen molar-refractivity contribution in [1.82, 2.24) is 15.3 Å². The maximum absolute atomic E-state index is 14.8. The Morgan fingerprint density at radius 2 is 1.80 bits per heavy atom. The number of halogens is 2. The number of hydrogen-bond acceptors (Lipinski definition) is 7. The smallest absolute Gasteiger partial charge is 0.410 e. The number of amides is 2. The second kappa shape index (κ2) is 12.1. The highest BCUT2D eigenvalue weighted by Crippen LogP contribution is 2.27. The summed E-state index contributed by atoms with van der Waals surface area (Å²) in [5.74, 6) is -2.02. The van der Waals surface area contributed by atoms with Crippen molar-refractivity contribution >= 4 is 23.4 Å². The molecule has 2 aliphatic heterocycles. The van der Waals surface area contributed by atoms with Crippen molar-refractivity contribution in [2.24, 2.45) is 5.16 Å². The summed E-state index contributed by atoms with van der Waals surface area (Å²) >= 11 is 0. The van der Waals surface area contributed by atoms with Crippen LogP contribution in [0.2, 0.25) is 0 Å². The summed E-state index contributed by atoms with van der Waals surface area (Å²) < 4.78 is 34.7. The van der Waals surface area contributed by atoms with E-state index in [2.05, 4.69) is 10.6 Å². The zero-order valence-electron chi connectivity index (χ0n) is 20.9. The molecule has 0 bridgehead atoms. The Morgan fingerprint density at radius 1 is 1.14 bits per heavy atom. The van der Waals surface area contributed by atoms with Crippen LogP contribution in [0.5, 0.6) is 0 Å². The van der Waals surface area contributed by atoms with E-state index in [1.807, 2.05) is 13.8 Å². The van der Waals surface area contributed by atoms with Gasteiger partial charge in [0.05, 0.1) is 23.1 Å². The molecule has 194 valence electrons. The molecule has 0 radical (unpaired) electrons. The van der Waals surface area contributed by atoms with Crippen molar-refractivity contribution in [3.05, 3.63) is 29.3 Å². The van der Waals surface area contributed by atoms with E-state index in [9.17, 15) is 18.4 Å². The summed E-state index contributed by atoms with van der Waals surface area (Å²) in [5.41, 5.74) is 3.35. The number of piperidine rings is 2. The lowest BCUT2D eigenvalue weighted by atomic mass is 10.1. The average Bonchev–Trinajstić information content (AvgIpc) is 2.85. The highest BCUT2D eigenvalue weighted by Gasteiger charge is 2.27. The van der Waals surface area contributed by atoms with Crippen LogP contribution in [0.3, 0.4) is 0 Å². The Bertz CT molecular complexity index is 921. The number of hydrazine groups is 1. The molecule has 11 heteroatoms. The number of carbonyl (C=O) groups is 2. The van der Waals surface area contributed by atoms with E-state index in [1.54, 1.807) is 23.8 Å². The van der Waals surface area contributed by atoms with Crippen molar-refractivity contribution in [3.8, 4) is 0 Å². The fourth-order valence-corrected chi connectivity index (χ4v) is 4.16. The van der Waals surface area contributed by atoms with Gasteiger partial charge in [-0.05, 0) is 26.8 Å². The van der Waals surface area contributed by atoms with Gasteiger partial charge in [-0.25, -0.2) is 19.0 Å². The maximum Gasteiger partial charge on any atom is 0.410 e. The quantitative estimate of drug-likeness (QED) is 0.583. The molecule has 35 heavy (non-hydrogen) atoms. The summed E-state index contributed by atoms with van der Waals surface area (Å²) in [7, 11) is 1.55. The standard InChI is InChI=1S/C24H35F2N5O4/c1-5-31(27-4)23(32)19-14-21(26)22(15-20(19)25)29-10-6-17(7-11-29)28-35-18-8-12-30(13-9-18)24(33)34-16(2)3/h14-16,18,27H,5-13H2,1-4H3. The van der Waals surface area contributed by atoms with Crippen LogP contribution in [0.4, 0.5) is 19.3 Å². The molecule has 0 aliphatic carbocycles. The summed E-state index contributed by atoms with van der Waals surface area (Å²) in [6.07, 6.45) is 1.95. The Hall–Kier alpha value is -2.95. The molecule has 0 spiro atoms. The molecule has 1 N–H and O–H groups in total. The Morgan fingerprint density at radius 3 is 2.37 bits per heavy atom. The van der Waals surface area contributed by atoms with E-state index in [-0.39, 0.29) is 29.6 Å². The van der Waals surface area contributed by atoms with Crippen LogP contribution in [0, 0.1) is 11.6 Å². The van der Waals surface area contributed by atoms with Crippen LogP contribution < -0.4 is 10.3 Å². The first-order chi connectivity index (χ1) is 16.7. The van der Waals surface area contributed by atoms with E-state index in [4.69, 9.17) is 9.57 Å². The van der Waals surface area contributed by atoms with E-state index in [0.717, 1.165) is 17.8 Å². The van der Waals surface area contributed by atoms with Gasteiger partial charge in [0.1, 0.15) is 17.7 Å². The zero-order chi connectivity index (χ0) is 25.5. The third kappa shape index (κ3) is 6.81. The topological polar surface area (TPSA) is 86.7 Å². The molecule has 2 aliphatic rings. The molecule has 0 unspecified atom stereocenters. The second-order valence-corrected chi connectivity index (χ2v) is 8.93. The van der Waals surface area contributed by atoms with Crippen molar-refractivity contribution in [3.63, 3.8) is 0 Å². The minimum atomic E-state index is -0.758. The molecule has 1 aromatic carbocycles. The molecule has 0 saturated carbocycles. The van der Waals surface area contributed by atoms with Gasteiger partial charge in [0, 0.05) is 71.5 Å². The first-order valence-corrected chi connectivity index (χ1v) is 12.1. The second-order valence-electron chi connectivity index (χ2n) is 8.93. The zero-order valence-corrected chi connectivity index (χ0v) is 20.9. The Labute approximate surface area is 205 Å². The number of oxime groups is 1. The largest absolute Gasteiger partial charge is 0.447 e. The molecule has 2 saturated heterocycles. The van der Waals surface area contributed by atoms with Gasteiger partial charge >= 0.3 is 6.09 Å². The van der Waals surface area contributed by atoms with E-state index < -0.39 is 17.5 Å². The van der Waals surface area contributed by atoms with Crippen molar-refractivity contribution in [2.45, 2.75) is 58.7 Å². The molecular weight excluding hydrogens is 460 g/mol. The number of nitrogens with one attached hydrogen (secondary N) is 1. The summed E-state index contributed by atoms with van der Waals surface area (Å²) in [5, 5.41) is 5.51. The number of carbonyl (C=O) groups excluding carboxylic acids is 2. The summed E-state index contributed by atoms with van der Waals surface area (Å²) in [6, 6.07) is 2.05. The van der Waals surface area contributed by atoms with E-state index in [0.29, 0.717) is 58.4 Å². The third-order valence-corrected chi connectivity index (χ3v) is 6.15. The Balaban J connectivity index is 1.51. The first kappa shape index (κ1) is 26.7. The molecule has 3 rings (SSSR count). The van der Waals surface area contributed by atoms with E-state index in [1.165, 1.54) is 5.01 Å². The summed E-state index contributed by atoms with van der Waals surface area (Å²) in [4.78, 5) is 33.5. The number of benzene rings is 1. The lowest BCUT2D eigenvalue weighted by Gasteiger charge is -2.32. The van der Waals surface area contributed by atoms with Gasteiger partial charge in [0.15, 0.2) is 0 Å². The van der Waals surface area contributed by atoms with Gasteiger partial charge in [-0.2, -0.15) is 0 Å². The predicted octanol–water partition coefficient (Wildman–Crippen LogP) is 3.54. The van der Waals surface area contributed by atoms with Crippen molar-refractivity contribution < 1.29 is 27.9 Å². The first-order valence-electron chi connectivity index (χ1n) is 12.1. The summed E-state index contributed by atoms with van der Waals surface area (Å²) in [6.45, 7) is 7.73. The highest BCUT2D eigenvalue weighted by molar-refractivity contribution is 5.94. The number of ether oxygens (including phenoxy) is 1.